The lowest BCUT2D eigenvalue weighted by Gasteiger charge is -2.21. The second-order valence-corrected chi connectivity index (χ2v) is 6.87. The molecule has 2 aromatic rings. The molecule has 0 saturated heterocycles. The number of hydrogen-bond acceptors (Lipinski definition) is 4. The Morgan fingerprint density at radius 2 is 1.48 bits per heavy atom. The first-order valence-electron chi connectivity index (χ1n) is 9.12. The van der Waals surface area contributed by atoms with Crippen LogP contribution in [0.5, 0.6) is 0 Å². The molecule has 5 heteroatoms. The molecule has 0 aromatic heterocycles. The van der Waals surface area contributed by atoms with Gasteiger partial charge in [-0.05, 0) is 50.6 Å². The van der Waals surface area contributed by atoms with Gasteiger partial charge in [0, 0.05) is 0 Å². The number of hydrazone groups is 2. The van der Waals surface area contributed by atoms with E-state index in [9.17, 15) is 4.79 Å². The van der Waals surface area contributed by atoms with Crippen molar-refractivity contribution in [1.82, 2.24) is 0 Å². The quantitative estimate of drug-likeness (QED) is 0.824. The van der Waals surface area contributed by atoms with Crippen LogP contribution in [-0.4, -0.2) is 23.4 Å². The molecule has 2 atom stereocenters. The van der Waals surface area contributed by atoms with Crippen LogP contribution in [0, 0.1) is 5.92 Å². The summed E-state index contributed by atoms with van der Waals surface area (Å²) in [6, 6.07) is 19.7. The number of anilines is 2. The van der Waals surface area contributed by atoms with E-state index in [-0.39, 0.29) is 17.9 Å². The summed E-state index contributed by atoms with van der Waals surface area (Å²) in [4.78, 5) is 13.0. The van der Waals surface area contributed by atoms with E-state index in [1.807, 2.05) is 85.6 Å². The zero-order valence-corrected chi connectivity index (χ0v) is 15.7. The van der Waals surface area contributed by atoms with Gasteiger partial charge in [0.05, 0.1) is 34.8 Å². The van der Waals surface area contributed by atoms with Crippen LogP contribution in [0.4, 0.5) is 11.4 Å². The van der Waals surface area contributed by atoms with Crippen molar-refractivity contribution in [2.45, 2.75) is 26.8 Å². The molecule has 4 rings (SSSR count). The molecule has 0 bridgehead atoms. The molecule has 0 fully saturated rings. The van der Waals surface area contributed by atoms with Crippen molar-refractivity contribution in [2.24, 2.45) is 16.1 Å². The second kappa shape index (κ2) is 6.83. The molecule has 0 saturated carbocycles. The lowest BCUT2D eigenvalue weighted by Crippen LogP contribution is -2.28. The highest BCUT2D eigenvalue weighted by Crippen LogP contribution is 2.31. The topological polar surface area (TPSA) is 48.3 Å². The van der Waals surface area contributed by atoms with Crippen LogP contribution >= 0.6 is 0 Å². The molecule has 1 amide bonds. The zero-order valence-electron chi connectivity index (χ0n) is 15.7. The van der Waals surface area contributed by atoms with Crippen molar-refractivity contribution in [3.8, 4) is 0 Å². The van der Waals surface area contributed by atoms with Crippen LogP contribution < -0.4 is 10.0 Å². The Bertz CT molecular complexity index is 947. The number of benzene rings is 2. The Balaban J connectivity index is 1.62. The monoisotopic (exact) mass is 358 g/mol. The van der Waals surface area contributed by atoms with Crippen molar-refractivity contribution < 1.29 is 4.79 Å². The highest BCUT2D eigenvalue weighted by atomic mass is 16.2. The van der Waals surface area contributed by atoms with Gasteiger partial charge in [-0.15, -0.1) is 0 Å². The number of para-hydroxylation sites is 2. The third kappa shape index (κ3) is 3.05. The van der Waals surface area contributed by atoms with Gasteiger partial charge in [0.25, 0.3) is 5.91 Å². The Morgan fingerprint density at radius 3 is 2.11 bits per heavy atom. The molecule has 2 heterocycles. The van der Waals surface area contributed by atoms with Crippen LogP contribution in [0.25, 0.3) is 0 Å². The maximum atomic E-state index is 13.0. The number of amides is 1. The van der Waals surface area contributed by atoms with E-state index in [0.29, 0.717) is 0 Å². The maximum Gasteiger partial charge on any atom is 0.260 e. The summed E-state index contributed by atoms with van der Waals surface area (Å²) >= 11 is 0. The summed E-state index contributed by atoms with van der Waals surface area (Å²) in [7, 11) is 0. The molecule has 2 aromatic carbocycles. The molecule has 136 valence electrons. The van der Waals surface area contributed by atoms with Crippen molar-refractivity contribution in [2.75, 3.05) is 10.0 Å². The van der Waals surface area contributed by atoms with E-state index < -0.39 is 0 Å². The molecule has 0 N–H and O–H groups in total. The number of carbonyl (C=O) groups is 1. The fourth-order valence-electron chi connectivity index (χ4n) is 3.57. The number of nitrogens with zero attached hydrogens (tertiary/aromatic N) is 4. The SMILES string of the molecule is CC1=NN(c2ccccc2)C(C)/C1=C/C1C(=O)N(c2ccccc2)N=C1C. The van der Waals surface area contributed by atoms with Gasteiger partial charge in [-0.1, -0.05) is 42.5 Å². The summed E-state index contributed by atoms with van der Waals surface area (Å²) in [5.41, 5.74) is 4.64. The van der Waals surface area contributed by atoms with E-state index in [1.165, 1.54) is 5.01 Å². The molecule has 5 nitrogen and oxygen atoms in total. The molecule has 0 radical (unpaired) electrons. The standard InChI is InChI=1S/C22H22N4O/c1-15-20(17(3)25(23-15)18-10-6-4-7-11-18)14-21-16(2)24-26(22(21)27)19-12-8-5-9-13-19/h4-14,17,21H,1-3H3/b20-14+. The van der Waals surface area contributed by atoms with E-state index in [4.69, 9.17) is 5.10 Å². The lowest BCUT2D eigenvalue weighted by atomic mass is 9.95. The third-order valence-corrected chi connectivity index (χ3v) is 5.04. The van der Waals surface area contributed by atoms with Crippen molar-refractivity contribution in [3.63, 3.8) is 0 Å². The van der Waals surface area contributed by atoms with Crippen LogP contribution in [0.2, 0.25) is 0 Å². The highest BCUT2D eigenvalue weighted by Gasteiger charge is 2.35. The van der Waals surface area contributed by atoms with E-state index in [0.717, 1.165) is 28.4 Å². The van der Waals surface area contributed by atoms with Crippen LogP contribution in [0.1, 0.15) is 20.8 Å². The predicted molar refractivity (Wildman–Crippen MR) is 110 cm³/mol. The molecule has 0 aliphatic carbocycles. The second-order valence-electron chi connectivity index (χ2n) is 6.87. The minimum absolute atomic E-state index is 0.0237. The molecule has 27 heavy (non-hydrogen) atoms. The molecule has 2 unspecified atom stereocenters. The van der Waals surface area contributed by atoms with Crippen molar-refractivity contribution >= 4 is 28.7 Å². The normalized spacial score (nSPS) is 23.8. The lowest BCUT2D eigenvalue weighted by molar-refractivity contribution is -0.118. The van der Waals surface area contributed by atoms with Gasteiger partial charge >= 0.3 is 0 Å². The Morgan fingerprint density at radius 1 is 0.889 bits per heavy atom. The Labute approximate surface area is 159 Å². The number of hydrogen-bond donors (Lipinski definition) is 0. The molecular formula is C22H22N4O. The Kier molecular flexibility index (Phi) is 4.36. The Hall–Kier alpha value is -3.21. The van der Waals surface area contributed by atoms with Crippen LogP contribution in [-0.2, 0) is 4.79 Å². The number of rotatable bonds is 3. The third-order valence-electron chi connectivity index (χ3n) is 5.04. The average molecular weight is 358 g/mol. The first kappa shape index (κ1) is 17.2. The minimum atomic E-state index is -0.358. The first-order valence-corrected chi connectivity index (χ1v) is 9.12. The van der Waals surface area contributed by atoms with Crippen molar-refractivity contribution in [1.29, 1.82) is 0 Å². The van der Waals surface area contributed by atoms with Gasteiger partial charge in [-0.3, -0.25) is 9.80 Å². The minimum Gasteiger partial charge on any atom is -0.271 e. The van der Waals surface area contributed by atoms with E-state index in [1.54, 1.807) is 0 Å². The fourth-order valence-corrected chi connectivity index (χ4v) is 3.57. The smallest absolute Gasteiger partial charge is 0.260 e. The summed E-state index contributed by atoms with van der Waals surface area (Å²) in [5, 5.41) is 12.7. The van der Waals surface area contributed by atoms with E-state index in [2.05, 4.69) is 12.0 Å². The zero-order chi connectivity index (χ0) is 19.0. The van der Waals surface area contributed by atoms with Gasteiger partial charge < -0.3 is 0 Å². The number of carbonyl (C=O) groups excluding carboxylic acids is 1. The molecule has 2 aliphatic rings. The van der Waals surface area contributed by atoms with Gasteiger partial charge in [-0.25, -0.2) is 0 Å². The van der Waals surface area contributed by atoms with Crippen LogP contribution in [0.15, 0.2) is 82.5 Å². The maximum absolute atomic E-state index is 13.0. The summed E-state index contributed by atoms with van der Waals surface area (Å²) in [6.45, 7) is 6.01. The van der Waals surface area contributed by atoms with Gasteiger partial charge in [0.1, 0.15) is 0 Å². The molecule has 2 aliphatic heterocycles. The summed E-state index contributed by atoms with van der Waals surface area (Å²) in [5.74, 6) is -0.382. The van der Waals surface area contributed by atoms with Gasteiger partial charge in [-0.2, -0.15) is 15.2 Å². The van der Waals surface area contributed by atoms with Crippen molar-refractivity contribution in [3.05, 3.63) is 72.3 Å². The van der Waals surface area contributed by atoms with Crippen LogP contribution in [0.3, 0.4) is 0 Å². The first-order chi connectivity index (χ1) is 13.1. The predicted octanol–water partition coefficient (Wildman–Crippen LogP) is 4.24. The molecular weight excluding hydrogens is 336 g/mol. The summed E-state index contributed by atoms with van der Waals surface area (Å²) < 4.78 is 0. The molecule has 0 spiro atoms. The summed E-state index contributed by atoms with van der Waals surface area (Å²) in [6.07, 6.45) is 2.02. The fraction of sp³-hybridized carbons (Fsp3) is 0.227. The van der Waals surface area contributed by atoms with Gasteiger partial charge in [0.2, 0.25) is 0 Å². The average Bonchev–Trinajstić information content (AvgIpc) is 3.14. The largest absolute Gasteiger partial charge is 0.271 e. The highest BCUT2D eigenvalue weighted by molar-refractivity contribution is 6.17. The van der Waals surface area contributed by atoms with Gasteiger partial charge in [0.15, 0.2) is 0 Å². The van der Waals surface area contributed by atoms with E-state index >= 15 is 0 Å².